The van der Waals surface area contributed by atoms with Crippen molar-refractivity contribution in [1.82, 2.24) is 5.32 Å². The summed E-state index contributed by atoms with van der Waals surface area (Å²) in [6.45, 7) is 2.56. The zero-order chi connectivity index (χ0) is 16.1. The fraction of sp³-hybridized carbons (Fsp3) is 0.235. The Labute approximate surface area is 129 Å². The second kappa shape index (κ2) is 7.04. The van der Waals surface area contributed by atoms with Gasteiger partial charge in [-0.3, -0.25) is 4.79 Å². The van der Waals surface area contributed by atoms with Gasteiger partial charge in [-0.15, -0.1) is 0 Å². The summed E-state index contributed by atoms with van der Waals surface area (Å²) in [5.74, 6) is -0.584. The number of hydrogen-bond donors (Lipinski definition) is 2. The first-order valence-electron chi connectivity index (χ1n) is 6.97. The highest BCUT2D eigenvalue weighted by molar-refractivity contribution is 5.92. The Morgan fingerprint density at radius 3 is 2.50 bits per heavy atom. The maximum atomic E-state index is 13.7. The highest BCUT2D eigenvalue weighted by atomic mass is 19.1. The first kappa shape index (κ1) is 16.0. The number of carbonyl (C=O) groups is 1. The van der Waals surface area contributed by atoms with E-state index in [2.05, 4.69) is 5.32 Å². The fourth-order valence-corrected chi connectivity index (χ4v) is 2.13. The predicted octanol–water partition coefficient (Wildman–Crippen LogP) is 2.78. The summed E-state index contributed by atoms with van der Waals surface area (Å²) < 4.78 is 18.6. The van der Waals surface area contributed by atoms with Gasteiger partial charge >= 0.3 is 0 Å². The van der Waals surface area contributed by atoms with Crippen molar-refractivity contribution >= 4 is 5.91 Å². The van der Waals surface area contributed by atoms with Crippen LogP contribution in [0, 0.1) is 5.82 Å². The zero-order valence-electron chi connectivity index (χ0n) is 12.6. The monoisotopic (exact) mass is 302 g/mol. The Kier molecular flexibility index (Phi) is 5.12. The summed E-state index contributed by atoms with van der Waals surface area (Å²) in [7, 11) is 1.44. The largest absolute Gasteiger partial charge is 0.494 e. The van der Waals surface area contributed by atoms with Crippen LogP contribution >= 0.6 is 0 Å². The lowest BCUT2D eigenvalue weighted by atomic mass is 10.1. The predicted molar refractivity (Wildman–Crippen MR) is 83.2 cm³/mol. The molecule has 0 saturated carbocycles. The molecule has 0 aromatic heterocycles. The minimum atomic E-state index is -0.443. The van der Waals surface area contributed by atoms with Gasteiger partial charge in [0.15, 0.2) is 11.6 Å². The molecule has 1 unspecified atom stereocenters. The number of rotatable bonds is 6. The van der Waals surface area contributed by atoms with Crippen LogP contribution in [0.25, 0.3) is 0 Å². The minimum Gasteiger partial charge on any atom is -0.494 e. The van der Waals surface area contributed by atoms with E-state index in [9.17, 15) is 9.18 Å². The summed E-state index contributed by atoms with van der Waals surface area (Å²) in [5, 5.41) is 3.30. The molecule has 22 heavy (non-hydrogen) atoms. The van der Waals surface area contributed by atoms with Crippen molar-refractivity contribution in [3.8, 4) is 5.75 Å². The molecule has 0 heterocycles. The molecule has 5 heteroatoms. The molecular weight excluding hydrogens is 283 g/mol. The van der Waals surface area contributed by atoms with Crippen molar-refractivity contribution < 1.29 is 13.9 Å². The smallest absolute Gasteiger partial charge is 0.248 e. The van der Waals surface area contributed by atoms with E-state index in [-0.39, 0.29) is 17.6 Å². The van der Waals surface area contributed by atoms with E-state index in [1.54, 1.807) is 18.2 Å². The first-order chi connectivity index (χ1) is 10.5. The molecular formula is C17H19FN2O2. The van der Waals surface area contributed by atoms with E-state index in [1.807, 2.05) is 25.1 Å². The normalized spacial score (nSPS) is 12.0. The van der Waals surface area contributed by atoms with E-state index in [0.717, 1.165) is 11.1 Å². The third-order valence-corrected chi connectivity index (χ3v) is 3.53. The summed E-state index contributed by atoms with van der Waals surface area (Å²) in [6.07, 6.45) is 0. The summed E-state index contributed by atoms with van der Waals surface area (Å²) in [6, 6.07) is 12.0. The van der Waals surface area contributed by atoms with E-state index >= 15 is 0 Å². The fourth-order valence-electron chi connectivity index (χ4n) is 2.13. The molecule has 1 atom stereocenters. The lowest BCUT2D eigenvalue weighted by Crippen LogP contribution is -2.18. The number of halogens is 1. The molecule has 0 aliphatic heterocycles. The lowest BCUT2D eigenvalue weighted by molar-refractivity contribution is 0.100. The number of nitrogens with one attached hydrogen (secondary N) is 1. The first-order valence-corrected chi connectivity index (χ1v) is 6.97. The average Bonchev–Trinajstić information content (AvgIpc) is 2.52. The van der Waals surface area contributed by atoms with Crippen LogP contribution in [-0.4, -0.2) is 13.0 Å². The number of carbonyl (C=O) groups excluding carboxylic acids is 1. The Hall–Kier alpha value is -2.40. The number of hydrogen-bond acceptors (Lipinski definition) is 3. The Bertz CT molecular complexity index is 656. The van der Waals surface area contributed by atoms with Gasteiger partial charge in [-0.2, -0.15) is 0 Å². The maximum absolute atomic E-state index is 13.7. The van der Waals surface area contributed by atoms with Crippen LogP contribution in [-0.2, 0) is 6.54 Å². The molecule has 2 rings (SSSR count). The van der Waals surface area contributed by atoms with Gasteiger partial charge in [0.1, 0.15) is 0 Å². The quantitative estimate of drug-likeness (QED) is 0.862. The SMILES string of the molecule is COc1ccc(C(C)NCc2ccc(C(N)=O)cc2)cc1F. The molecule has 2 aromatic carbocycles. The van der Waals surface area contributed by atoms with Crippen LogP contribution in [0.3, 0.4) is 0 Å². The van der Waals surface area contributed by atoms with Gasteiger partial charge in [-0.25, -0.2) is 4.39 Å². The van der Waals surface area contributed by atoms with Crippen molar-refractivity contribution in [2.45, 2.75) is 19.5 Å². The second-order valence-corrected chi connectivity index (χ2v) is 5.06. The molecule has 0 bridgehead atoms. The van der Waals surface area contributed by atoms with E-state index in [4.69, 9.17) is 10.5 Å². The molecule has 0 radical (unpaired) electrons. The number of methoxy groups -OCH3 is 1. The lowest BCUT2D eigenvalue weighted by Gasteiger charge is -2.15. The highest BCUT2D eigenvalue weighted by Gasteiger charge is 2.09. The van der Waals surface area contributed by atoms with Crippen LogP contribution in [0.15, 0.2) is 42.5 Å². The van der Waals surface area contributed by atoms with Crippen LogP contribution in [0.2, 0.25) is 0 Å². The molecule has 0 fully saturated rings. The molecule has 3 N–H and O–H groups in total. The zero-order valence-corrected chi connectivity index (χ0v) is 12.6. The average molecular weight is 302 g/mol. The van der Waals surface area contributed by atoms with Crippen LogP contribution in [0.4, 0.5) is 4.39 Å². The standard InChI is InChI=1S/C17H19FN2O2/c1-11(14-7-8-16(22-2)15(18)9-14)20-10-12-3-5-13(6-4-12)17(19)21/h3-9,11,20H,10H2,1-2H3,(H2,19,21). The number of ether oxygens (including phenoxy) is 1. The van der Waals surface area contributed by atoms with Crippen molar-refractivity contribution in [3.05, 3.63) is 65.0 Å². The van der Waals surface area contributed by atoms with Crippen molar-refractivity contribution in [3.63, 3.8) is 0 Å². The molecule has 1 amide bonds. The van der Waals surface area contributed by atoms with Crippen molar-refractivity contribution in [1.29, 1.82) is 0 Å². The third-order valence-electron chi connectivity index (χ3n) is 3.53. The van der Waals surface area contributed by atoms with Crippen molar-refractivity contribution in [2.75, 3.05) is 7.11 Å². The van der Waals surface area contributed by atoms with Crippen molar-refractivity contribution in [2.24, 2.45) is 5.73 Å². The third kappa shape index (κ3) is 3.83. The summed E-state index contributed by atoms with van der Waals surface area (Å²) in [5.41, 5.74) is 7.54. The van der Waals surface area contributed by atoms with E-state index in [0.29, 0.717) is 12.1 Å². The minimum absolute atomic E-state index is 0.0174. The second-order valence-electron chi connectivity index (χ2n) is 5.06. The number of nitrogens with two attached hydrogens (primary N) is 1. The maximum Gasteiger partial charge on any atom is 0.248 e. The van der Waals surface area contributed by atoms with Crippen LogP contribution < -0.4 is 15.8 Å². The Morgan fingerprint density at radius 2 is 1.95 bits per heavy atom. The van der Waals surface area contributed by atoms with E-state index < -0.39 is 5.91 Å². The van der Waals surface area contributed by atoms with Gasteiger partial charge in [0.25, 0.3) is 0 Å². The van der Waals surface area contributed by atoms with Gasteiger partial charge in [-0.05, 0) is 42.3 Å². The molecule has 116 valence electrons. The summed E-state index contributed by atoms with van der Waals surface area (Å²) >= 11 is 0. The number of primary amides is 1. The van der Waals surface area contributed by atoms with Gasteiger partial charge < -0.3 is 15.8 Å². The van der Waals surface area contributed by atoms with Crippen LogP contribution in [0.5, 0.6) is 5.75 Å². The summed E-state index contributed by atoms with van der Waals surface area (Å²) in [4.78, 5) is 11.0. The molecule has 0 aliphatic rings. The number of benzene rings is 2. The Morgan fingerprint density at radius 1 is 1.27 bits per heavy atom. The van der Waals surface area contributed by atoms with Gasteiger partial charge in [0.05, 0.1) is 7.11 Å². The highest BCUT2D eigenvalue weighted by Crippen LogP contribution is 2.22. The van der Waals surface area contributed by atoms with Gasteiger partial charge in [0, 0.05) is 18.2 Å². The molecule has 0 aliphatic carbocycles. The van der Waals surface area contributed by atoms with Crippen LogP contribution in [0.1, 0.15) is 34.5 Å². The molecule has 4 nitrogen and oxygen atoms in total. The van der Waals surface area contributed by atoms with Gasteiger partial charge in [-0.1, -0.05) is 18.2 Å². The molecule has 0 spiro atoms. The topological polar surface area (TPSA) is 64.3 Å². The molecule has 0 saturated heterocycles. The number of amides is 1. The molecule has 2 aromatic rings. The van der Waals surface area contributed by atoms with E-state index in [1.165, 1.54) is 13.2 Å². The Balaban J connectivity index is 1.98. The van der Waals surface area contributed by atoms with Gasteiger partial charge in [0.2, 0.25) is 5.91 Å².